The molecule has 4 atom stereocenters. The minimum atomic E-state index is -0.773. The Morgan fingerprint density at radius 1 is 1.20 bits per heavy atom. The van der Waals surface area contributed by atoms with Gasteiger partial charge in [0.05, 0.1) is 12.0 Å². The van der Waals surface area contributed by atoms with E-state index in [1.807, 2.05) is 20.8 Å². The monoisotopic (exact) mass is 216 g/mol. The number of hydrogen-bond donors (Lipinski definition) is 2. The summed E-state index contributed by atoms with van der Waals surface area (Å²) < 4.78 is 0. The van der Waals surface area contributed by atoms with Gasteiger partial charge < -0.3 is 10.2 Å². The van der Waals surface area contributed by atoms with Crippen LogP contribution in [-0.4, -0.2) is 22.3 Å². The third kappa shape index (κ3) is 4.65. The molecule has 0 bridgehead atoms. The number of aliphatic hydroxyl groups excluding tert-OH is 1. The van der Waals surface area contributed by atoms with Crippen LogP contribution >= 0.6 is 0 Å². The maximum absolute atomic E-state index is 10.7. The van der Waals surface area contributed by atoms with Crippen LogP contribution in [0.1, 0.15) is 47.0 Å². The molecule has 0 rings (SSSR count). The van der Waals surface area contributed by atoms with Crippen molar-refractivity contribution < 1.29 is 15.0 Å². The molecule has 0 aliphatic rings. The van der Waals surface area contributed by atoms with Gasteiger partial charge in [-0.05, 0) is 18.3 Å². The molecular formula is C12H24O3. The van der Waals surface area contributed by atoms with Gasteiger partial charge in [0.2, 0.25) is 0 Å². The Bertz CT molecular complexity index is 191. The Morgan fingerprint density at radius 2 is 1.73 bits per heavy atom. The van der Waals surface area contributed by atoms with E-state index in [0.717, 1.165) is 12.8 Å². The van der Waals surface area contributed by atoms with Gasteiger partial charge in [0, 0.05) is 0 Å². The van der Waals surface area contributed by atoms with Gasteiger partial charge in [-0.25, -0.2) is 0 Å². The average Bonchev–Trinajstić information content (AvgIpc) is 2.23. The Hall–Kier alpha value is -0.570. The highest BCUT2D eigenvalue weighted by molar-refractivity contribution is 5.69. The van der Waals surface area contributed by atoms with Crippen LogP contribution in [0.4, 0.5) is 0 Å². The summed E-state index contributed by atoms with van der Waals surface area (Å²) in [6.07, 6.45) is 1.96. The molecule has 2 N–H and O–H groups in total. The van der Waals surface area contributed by atoms with E-state index in [0.29, 0.717) is 6.42 Å². The second-order valence-corrected chi connectivity index (χ2v) is 4.52. The lowest BCUT2D eigenvalue weighted by Crippen LogP contribution is -2.29. The first-order chi connectivity index (χ1) is 6.93. The molecule has 0 amide bonds. The first kappa shape index (κ1) is 14.4. The Labute approximate surface area is 92.5 Å². The highest BCUT2D eigenvalue weighted by Crippen LogP contribution is 2.25. The highest BCUT2D eigenvalue weighted by atomic mass is 16.4. The largest absolute Gasteiger partial charge is 0.481 e. The zero-order valence-electron chi connectivity index (χ0n) is 10.2. The molecule has 0 heterocycles. The van der Waals surface area contributed by atoms with Crippen molar-refractivity contribution in [2.75, 3.05) is 0 Å². The van der Waals surface area contributed by atoms with E-state index in [2.05, 4.69) is 0 Å². The fourth-order valence-corrected chi connectivity index (χ4v) is 1.81. The average molecular weight is 216 g/mol. The lowest BCUT2D eigenvalue weighted by Gasteiger charge is -2.27. The zero-order valence-corrected chi connectivity index (χ0v) is 10.2. The fraction of sp³-hybridized carbons (Fsp3) is 0.917. The summed E-state index contributed by atoms with van der Waals surface area (Å²) in [5.74, 6) is -0.791. The van der Waals surface area contributed by atoms with Gasteiger partial charge >= 0.3 is 5.97 Å². The molecule has 0 aromatic rings. The number of carboxylic acid groups (broad SMARTS) is 1. The summed E-state index contributed by atoms with van der Waals surface area (Å²) in [7, 11) is 0. The van der Waals surface area contributed by atoms with Gasteiger partial charge in [0.15, 0.2) is 0 Å². The lowest BCUT2D eigenvalue weighted by atomic mass is 9.83. The van der Waals surface area contributed by atoms with Crippen LogP contribution in [0.25, 0.3) is 0 Å². The maximum Gasteiger partial charge on any atom is 0.306 e. The SMILES string of the molecule is CCC(C)C(O)C(CC)CC(C)C(=O)O. The molecule has 0 spiro atoms. The molecule has 90 valence electrons. The molecule has 0 saturated heterocycles. The fourth-order valence-electron chi connectivity index (χ4n) is 1.81. The van der Waals surface area contributed by atoms with Crippen LogP contribution in [0, 0.1) is 17.8 Å². The van der Waals surface area contributed by atoms with Gasteiger partial charge in [-0.15, -0.1) is 0 Å². The van der Waals surface area contributed by atoms with Gasteiger partial charge in [-0.2, -0.15) is 0 Å². The number of hydrogen-bond acceptors (Lipinski definition) is 2. The summed E-state index contributed by atoms with van der Waals surface area (Å²) >= 11 is 0. The summed E-state index contributed by atoms with van der Waals surface area (Å²) in [5.41, 5.74) is 0. The van der Waals surface area contributed by atoms with Crippen LogP contribution in [0.5, 0.6) is 0 Å². The summed E-state index contributed by atoms with van der Waals surface area (Å²) in [4.78, 5) is 10.7. The maximum atomic E-state index is 10.7. The molecule has 0 aromatic heterocycles. The molecule has 3 heteroatoms. The predicted molar refractivity (Wildman–Crippen MR) is 60.7 cm³/mol. The van der Waals surface area contributed by atoms with Crippen molar-refractivity contribution in [2.45, 2.75) is 53.1 Å². The standard InChI is InChI=1S/C12H24O3/c1-5-8(3)11(13)10(6-2)7-9(4)12(14)15/h8-11,13H,5-7H2,1-4H3,(H,14,15). The van der Waals surface area contributed by atoms with Crippen molar-refractivity contribution in [3.05, 3.63) is 0 Å². The number of aliphatic hydroxyl groups is 1. The molecule has 4 unspecified atom stereocenters. The molecule has 15 heavy (non-hydrogen) atoms. The number of carboxylic acids is 1. The first-order valence-corrected chi connectivity index (χ1v) is 5.84. The van der Waals surface area contributed by atoms with Crippen LogP contribution in [0.2, 0.25) is 0 Å². The Kier molecular flexibility index (Phi) is 6.57. The minimum Gasteiger partial charge on any atom is -0.481 e. The highest BCUT2D eigenvalue weighted by Gasteiger charge is 2.26. The predicted octanol–water partition coefficient (Wildman–Crippen LogP) is 2.53. The number of carbonyl (C=O) groups is 1. The molecule has 0 radical (unpaired) electrons. The summed E-state index contributed by atoms with van der Waals surface area (Å²) in [6.45, 7) is 7.76. The van der Waals surface area contributed by atoms with Crippen molar-refractivity contribution in [3.8, 4) is 0 Å². The van der Waals surface area contributed by atoms with Crippen molar-refractivity contribution in [1.82, 2.24) is 0 Å². The second-order valence-electron chi connectivity index (χ2n) is 4.52. The molecule has 0 aromatic carbocycles. The molecule has 3 nitrogen and oxygen atoms in total. The quantitative estimate of drug-likeness (QED) is 0.687. The van der Waals surface area contributed by atoms with E-state index in [9.17, 15) is 9.90 Å². The summed E-state index contributed by atoms with van der Waals surface area (Å²) in [6, 6.07) is 0. The lowest BCUT2D eigenvalue weighted by molar-refractivity contribution is -0.142. The van der Waals surface area contributed by atoms with Crippen LogP contribution in [0.15, 0.2) is 0 Å². The molecule has 0 fully saturated rings. The van der Waals surface area contributed by atoms with Gasteiger partial charge in [0.1, 0.15) is 0 Å². The number of aliphatic carboxylic acids is 1. The Balaban J connectivity index is 4.29. The first-order valence-electron chi connectivity index (χ1n) is 5.84. The number of rotatable bonds is 7. The van der Waals surface area contributed by atoms with Gasteiger partial charge in [0.25, 0.3) is 0 Å². The second kappa shape index (κ2) is 6.83. The van der Waals surface area contributed by atoms with Crippen molar-refractivity contribution >= 4 is 5.97 Å². The molecule has 0 aliphatic carbocycles. The van der Waals surface area contributed by atoms with Crippen LogP contribution in [-0.2, 0) is 4.79 Å². The Morgan fingerprint density at radius 3 is 2.07 bits per heavy atom. The minimum absolute atomic E-state index is 0.103. The van der Waals surface area contributed by atoms with E-state index in [1.165, 1.54) is 0 Å². The van der Waals surface area contributed by atoms with Gasteiger partial charge in [-0.1, -0.05) is 40.5 Å². The van der Waals surface area contributed by atoms with Crippen LogP contribution in [0.3, 0.4) is 0 Å². The third-order valence-corrected chi connectivity index (χ3v) is 3.31. The van der Waals surface area contributed by atoms with Gasteiger partial charge in [-0.3, -0.25) is 4.79 Å². The zero-order chi connectivity index (χ0) is 12.0. The van der Waals surface area contributed by atoms with E-state index in [4.69, 9.17) is 5.11 Å². The third-order valence-electron chi connectivity index (χ3n) is 3.31. The summed E-state index contributed by atoms with van der Waals surface area (Å²) in [5, 5.41) is 18.8. The van der Waals surface area contributed by atoms with Crippen molar-refractivity contribution in [1.29, 1.82) is 0 Å². The molecule has 0 saturated carbocycles. The van der Waals surface area contributed by atoms with Crippen molar-refractivity contribution in [3.63, 3.8) is 0 Å². The normalized spacial score (nSPS) is 19.3. The van der Waals surface area contributed by atoms with E-state index in [1.54, 1.807) is 6.92 Å². The van der Waals surface area contributed by atoms with E-state index < -0.39 is 5.97 Å². The van der Waals surface area contributed by atoms with E-state index in [-0.39, 0.29) is 23.9 Å². The van der Waals surface area contributed by atoms with E-state index >= 15 is 0 Å². The van der Waals surface area contributed by atoms with Crippen molar-refractivity contribution in [2.24, 2.45) is 17.8 Å². The molecular weight excluding hydrogens is 192 g/mol. The molecule has 0 aliphatic heterocycles. The smallest absolute Gasteiger partial charge is 0.306 e. The van der Waals surface area contributed by atoms with Crippen LogP contribution < -0.4 is 0 Å². The topological polar surface area (TPSA) is 57.5 Å².